The molecule has 1 aliphatic rings. The molecule has 0 bridgehead atoms. The fourth-order valence-corrected chi connectivity index (χ4v) is 6.36. The predicted molar refractivity (Wildman–Crippen MR) is 140 cm³/mol. The molecule has 0 aromatic heterocycles. The first-order valence-electron chi connectivity index (χ1n) is 11.8. The van der Waals surface area contributed by atoms with Gasteiger partial charge in [-0.2, -0.15) is 4.31 Å². The number of carbonyl (C=O) groups is 2. The lowest BCUT2D eigenvalue weighted by molar-refractivity contribution is -0.158. The van der Waals surface area contributed by atoms with Crippen molar-refractivity contribution in [2.24, 2.45) is 0 Å². The highest BCUT2D eigenvalue weighted by atomic mass is 32.2. The van der Waals surface area contributed by atoms with Crippen LogP contribution < -0.4 is 4.90 Å². The Labute approximate surface area is 217 Å². The largest absolute Gasteiger partial charge is 0.467 e. The Morgan fingerprint density at radius 1 is 0.892 bits per heavy atom. The molecule has 0 N–H and O–H groups in total. The van der Waals surface area contributed by atoms with Crippen molar-refractivity contribution in [3.05, 3.63) is 95.1 Å². The second-order valence-corrected chi connectivity index (χ2v) is 10.8. The first kappa shape index (κ1) is 26.4. The predicted octanol–water partition coefficient (Wildman–Crippen LogP) is 3.48. The fourth-order valence-electron chi connectivity index (χ4n) is 4.66. The monoisotopic (exact) mass is 522 g/mol. The lowest BCUT2D eigenvalue weighted by Crippen LogP contribution is -2.52. The molecule has 1 aliphatic heterocycles. The van der Waals surface area contributed by atoms with Crippen molar-refractivity contribution < 1.29 is 27.5 Å². The zero-order valence-electron chi connectivity index (χ0n) is 21.2. The van der Waals surface area contributed by atoms with Crippen LogP contribution in [0.5, 0.6) is 0 Å². The maximum atomic E-state index is 14.3. The Kier molecular flexibility index (Phi) is 7.65. The Morgan fingerprint density at radius 2 is 1.51 bits per heavy atom. The van der Waals surface area contributed by atoms with Crippen LogP contribution in [-0.4, -0.2) is 58.5 Å². The molecule has 0 aliphatic carbocycles. The van der Waals surface area contributed by atoms with Crippen LogP contribution in [0.3, 0.4) is 0 Å². The number of hydrogen-bond donors (Lipinski definition) is 0. The van der Waals surface area contributed by atoms with E-state index in [9.17, 15) is 18.0 Å². The summed E-state index contributed by atoms with van der Waals surface area (Å²) in [7, 11) is -0.210. The molecule has 3 aromatic rings. The van der Waals surface area contributed by atoms with Gasteiger partial charge in [0.15, 0.2) is 0 Å². The van der Waals surface area contributed by atoms with Gasteiger partial charge in [-0.25, -0.2) is 18.0 Å². The van der Waals surface area contributed by atoms with E-state index in [1.54, 1.807) is 36.4 Å². The summed E-state index contributed by atoms with van der Waals surface area (Å²) >= 11 is 0. The number of rotatable bonds is 8. The molecule has 1 heterocycles. The zero-order valence-corrected chi connectivity index (χ0v) is 22.1. The summed E-state index contributed by atoms with van der Waals surface area (Å²) < 4.78 is 39.4. The zero-order chi connectivity index (χ0) is 26.7. The minimum atomic E-state index is -4.43. The topological polar surface area (TPSA) is 93.2 Å². The highest BCUT2D eigenvalue weighted by Gasteiger charge is 2.47. The van der Waals surface area contributed by atoms with Gasteiger partial charge in [0.05, 0.1) is 25.2 Å². The molecule has 3 aromatic carbocycles. The lowest BCUT2D eigenvalue weighted by atomic mass is 9.95. The van der Waals surface area contributed by atoms with E-state index in [0.29, 0.717) is 11.1 Å². The normalized spacial score (nSPS) is 13.9. The molecule has 0 spiro atoms. The van der Waals surface area contributed by atoms with E-state index in [-0.39, 0.29) is 4.90 Å². The molecule has 0 saturated heterocycles. The number of likely N-dealkylation sites (N-methyl/N-ethyl adjacent to an activating group) is 1. The number of ether oxygens (including phenoxy) is 2. The molecular formula is C28H30N2O6S. The van der Waals surface area contributed by atoms with Gasteiger partial charge in [-0.3, -0.25) is 0 Å². The number of aryl methyl sites for hydroxylation is 1. The molecule has 37 heavy (non-hydrogen) atoms. The van der Waals surface area contributed by atoms with Crippen LogP contribution in [-0.2, 0) is 35.5 Å². The van der Waals surface area contributed by atoms with Gasteiger partial charge >= 0.3 is 11.9 Å². The summed E-state index contributed by atoms with van der Waals surface area (Å²) in [6.07, 6.45) is 0.795. The van der Waals surface area contributed by atoms with Gasteiger partial charge in [0, 0.05) is 19.3 Å². The van der Waals surface area contributed by atoms with Crippen molar-refractivity contribution in [3.8, 4) is 0 Å². The maximum absolute atomic E-state index is 14.3. The van der Waals surface area contributed by atoms with Crippen LogP contribution in [0.4, 0.5) is 5.69 Å². The number of esters is 2. The van der Waals surface area contributed by atoms with Crippen molar-refractivity contribution >= 4 is 27.6 Å². The Morgan fingerprint density at radius 3 is 2.11 bits per heavy atom. The number of benzene rings is 3. The second kappa shape index (κ2) is 10.7. The molecule has 8 nitrogen and oxygen atoms in total. The van der Waals surface area contributed by atoms with Gasteiger partial charge in [0.25, 0.3) is 0 Å². The summed E-state index contributed by atoms with van der Waals surface area (Å²) in [5.74, 6) is -2.08. The molecule has 1 unspecified atom stereocenters. The maximum Gasteiger partial charge on any atom is 0.335 e. The van der Waals surface area contributed by atoms with Gasteiger partial charge in [-0.1, -0.05) is 60.2 Å². The van der Waals surface area contributed by atoms with Gasteiger partial charge in [0.1, 0.15) is 0 Å². The number of methoxy groups -OCH3 is 2. The summed E-state index contributed by atoms with van der Waals surface area (Å²) in [6.45, 7) is 2.68. The van der Waals surface area contributed by atoms with E-state index in [2.05, 4.69) is 4.90 Å². The minimum absolute atomic E-state index is 0.0577. The van der Waals surface area contributed by atoms with Crippen molar-refractivity contribution in [2.75, 3.05) is 32.7 Å². The van der Waals surface area contributed by atoms with E-state index >= 15 is 0 Å². The average Bonchev–Trinajstić information content (AvgIpc) is 3.28. The summed E-state index contributed by atoms with van der Waals surface area (Å²) in [4.78, 5) is 28.2. The van der Waals surface area contributed by atoms with E-state index in [0.717, 1.165) is 48.3 Å². The van der Waals surface area contributed by atoms with E-state index in [4.69, 9.17) is 9.47 Å². The van der Waals surface area contributed by atoms with Crippen LogP contribution >= 0.6 is 0 Å². The Bertz CT molecular complexity index is 1370. The number of anilines is 1. The van der Waals surface area contributed by atoms with Crippen LogP contribution in [0, 0.1) is 6.92 Å². The third-order valence-electron chi connectivity index (χ3n) is 6.62. The Hall–Kier alpha value is -3.69. The van der Waals surface area contributed by atoms with Crippen LogP contribution in [0.2, 0.25) is 0 Å². The van der Waals surface area contributed by atoms with Crippen LogP contribution in [0.15, 0.2) is 77.7 Å². The van der Waals surface area contributed by atoms with Crippen molar-refractivity contribution in [1.82, 2.24) is 4.31 Å². The molecule has 4 rings (SSSR count). The molecule has 194 valence electrons. The fraction of sp³-hybridized carbons (Fsp3) is 0.286. The van der Waals surface area contributed by atoms with Crippen molar-refractivity contribution in [2.45, 2.75) is 30.3 Å². The molecular weight excluding hydrogens is 492 g/mol. The standard InChI is InChI=1S/C28H30N2O6S/c1-19-10-13-23(14-11-19)37(33,34)30(26(27(31)35-3)28(32)36-4)25(20-8-6-5-7-9-20)22-12-15-24-21(18-22)16-17-29(24)2/h5-15,18,25-26H,16-17H2,1-4H3. The number of nitrogens with zero attached hydrogens (tertiary/aromatic N) is 2. The molecule has 9 heteroatoms. The van der Waals surface area contributed by atoms with Gasteiger partial charge in [-0.05, 0) is 48.2 Å². The second-order valence-electron chi connectivity index (χ2n) is 8.97. The molecule has 0 radical (unpaired) electrons. The number of carbonyl (C=O) groups excluding carboxylic acids is 2. The van der Waals surface area contributed by atoms with Crippen molar-refractivity contribution in [3.63, 3.8) is 0 Å². The summed E-state index contributed by atoms with van der Waals surface area (Å²) in [6, 6.07) is 18.0. The number of fused-ring (bicyclic) bond motifs is 1. The SMILES string of the molecule is COC(=O)C(C(=O)OC)N(C(c1ccccc1)c1ccc2c(c1)CCN2C)S(=O)(=O)c1ccc(C)cc1. The third kappa shape index (κ3) is 5.10. The average molecular weight is 523 g/mol. The molecule has 0 fully saturated rings. The third-order valence-corrected chi connectivity index (χ3v) is 8.46. The van der Waals surface area contributed by atoms with Crippen LogP contribution in [0.1, 0.15) is 28.3 Å². The first-order chi connectivity index (χ1) is 17.7. The van der Waals surface area contributed by atoms with Gasteiger partial charge in [-0.15, -0.1) is 0 Å². The van der Waals surface area contributed by atoms with E-state index in [1.165, 1.54) is 12.1 Å². The van der Waals surface area contributed by atoms with Crippen molar-refractivity contribution in [1.29, 1.82) is 0 Å². The lowest BCUT2D eigenvalue weighted by Gasteiger charge is -2.35. The minimum Gasteiger partial charge on any atom is -0.467 e. The molecule has 1 atom stereocenters. The van der Waals surface area contributed by atoms with E-state index < -0.39 is 34.0 Å². The number of sulfonamides is 1. The Balaban J connectivity index is 2.01. The smallest absolute Gasteiger partial charge is 0.335 e. The number of hydrogen-bond acceptors (Lipinski definition) is 7. The molecule has 0 saturated carbocycles. The highest BCUT2D eigenvalue weighted by molar-refractivity contribution is 7.89. The van der Waals surface area contributed by atoms with E-state index in [1.807, 2.05) is 38.2 Å². The first-order valence-corrected chi connectivity index (χ1v) is 13.3. The molecule has 0 amide bonds. The van der Waals surface area contributed by atoms with Crippen LogP contribution in [0.25, 0.3) is 0 Å². The highest BCUT2D eigenvalue weighted by Crippen LogP contribution is 2.39. The summed E-state index contributed by atoms with van der Waals surface area (Å²) in [5.41, 5.74) is 4.18. The summed E-state index contributed by atoms with van der Waals surface area (Å²) in [5, 5.41) is 0. The quantitative estimate of drug-likeness (QED) is 0.330. The van der Waals surface area contributed by atoms with Gasteiger partial charge < -0.3 is 14.4 Å². The van der Waals surface area contributed by atoms with Gasteiger partial charge in [0.2, 0.25) is 16.1 Å².